The molecule has 1 aromatic rings. The Bertz CT molecular complexity index is 727. The van der Waals surface area contributed by atoms with Crippen molar-refractivity contribution >= 4 is 34.4 Å². The molecule has 3 saturated heterocycles. The lowest BCUT2D eigenvalue weighted by molar-refractivity contribution is -0.139. The SMILES string of the molecule is Cc1nnc(N2CC(C(=O)N3CCC4(CC3)CNC(=O)O4)CC2=O)s1. The first kappa shape index (κ1) is 16.2. The van der Waals surface area contributed by atoms with E-state index in [0.29, 0.717) is 44.2 Å². The molecule has 134 valence electrons. The second-order valence-corrected chi connectivity index (χ2v) is 7.92. The van der Waals surface area contributed by atoms with Crippen LogP contribution in [0.5, 0.6) is 0 Å². The van der Waals surface area contributed by atoms with Gasteiger partial charge in [0.2, 0.25) is 16.9 Å². The third kappa shape index (κ3) is 2.94. The molecule has 1 atom stereocenters. The maximum Gasteiger partial charge on any atom is 0.407 e. The minimum absolute atomic E-state index is 0.00998. The number of hydrogen-bond donors (Lipinski definition) is 1. The van der Waals surface area contributed by atoms with Crippen LogP contribution in [-0.2, 0) is 14.3 Å². The van der Waals surface area contributed by atoms with Crippen LogP contribution in [0.2, 0.25) is 0 Å². The fourth-order valence-corrected chi connectivity index (χ4v) is 4.34. The molecule has 1 unspecified atom stereocenters. The first-order chi connectivity index (χ1) is 12.0. The Morgan fingerprint density at radius 1 is 1.32 bits per heavy atom. The topological polar surface area (TPSA) is 105 Å². The lowest BCUT2D eigenvalue weighted by Gasteiger charge is -2.38. The number of aromatic nitrogens is 2. The van der Waals surface area contributed by atoms with Gasteiger partial charge in [-0.3, -0.25) is 14.5 Å². The molecular formula is C15H19N5O4S. The molecule has 4 rings (SSSR count). The van der Waals surface area contributed by atoms with Crippen molar-refractivity contribution in [1.82, 2.24) is 20.4 Å². The highest BCUT2D eigenvalue weighted by molar-refractivity contribution is 7.15. The summed E-state index contributed by atoms with van der Waals surface area (Å²) in [7, 11) is 0. The minimum Gasteiger partial charge on any atom is -0.441 e. The molecule has 0 radical (unpaired) electrons. The van der Waals surface area contributed by atoms with Gasteiger partial charge in [0.25, 0.3) is 0 Å². The van der Waals surface area contributed by atoms with E-state index >= 15 is 0 Å². The second-order valence-electron chi connectivity index (χ2n) is 6.76. The molecular weight excluding hydrogens is 346 g/mol. The summed E-state index contributed by atoms with van der Waals surface area (Å²) in [6, 6.07) is 0. The standard InChI is InChI=1S/C15H19N5O4S/c1-9-17-18-13(25-9)20-7-10(6-11(20)21)12(22)19-4-2-15(3-5-19)8-16-14(23)24-15/h10H,2-8H2,1H3,(H,16,23). The number of hydrogen-bond acceptors (Lipinski definition) is 7. The molecule has 0 aliphatic carbocycles. The first-order valence-electron chi connectivity index (χ1n) is 8.32. The van der Waals surface area contributed by atoms with Gasteiger partial charge in [-0.05, 0) is 6.92 Å². The van der Waals surface area contributed by atoms with E-state index in [4.69, 9.17) is 4.74 Å². The molecule has 3 aliphatic heterocycles. The van der Waals surface area contributed by atoms with Gasteiger partial charge >= 0.3 is 6.09 Å². The van der Waals surface area contributed by atoms with Gasteiger partial charge < -0.3 is 15.0 Å². The molecule has 1 N–H and O–H groups in total. The van der Waals surface area contributed by atoms with Crippen molar-refractivity contribution in [2.45, 2.75) is 31.8 Å². The van der Waals surface area contributed by atoms with Crippen molar-refractivity contribution in [1.29, 1.82) is 0 Å². The monoisotopic (exact) mass is 365 g/mol. The summed E-state index contributed by atoms with van der Waals surface area (Å²) < 4.78 is 5.37. The van der Waals surface area contributed by atoms with E-state index in [1.807, 2.05) is 6.92 Å². The zero-order chi connectivity index (χ0) is 17.6. The summed E-state index contributed by atoms with van der Waals surface area (Å²) in [6.45, 7) is 3.76. The van der Waals surface area contributed by atoms with Crippen LogP contribution < -0.4 is 10.2 Å². The number of likely N-dealkylation sites (tertiary alicyclic amines) is 1. The fraction of sp³-hybridized carbons (Fsp3) is 0.667. The van der Waals surface area contributed by atoms with Crippen LogP contribution in [-0.4, -0.2) is 64.8 Å². The quantitative estimate of drug-likeness (QED) is 0.808. The molecule has 1 spiro atoms. The number of carbonyl (C=O) groups excluding carboxylic acids is 3. The molecule has 3 fully saturated rings. The highest BCUT2D eigenvalue weighted by Gasteiger charge is 2.45. The maximum atomic E-state index is 12.8. The van der Waals surface area contributed by atoms with Gasteiger partial charge in [0.15, 0.2) is 0 Å². The highest BCUT2D eigenvalue weighted by Crippen LogP contribution is 2.32. The molecule has 4 heterocycles. The normalized spacial score (nSPS) is 25.4. The van der Waals surface area contributed by atoms with Gasteiger partial charge in [0, 0.05) is 38.9 Å². The second kappa shape index (κ2) is 5.94. The Morgan fingerprint density at radius 2 is 2.08 bits per heavy atom. The lowest BCUT2D eigenvalue weighted by atomic mass is 9.91. The average molecular weight is 365 g/mol. The lowest BCUT2D eigenvalue weighted by Crippen LogP contribution is -2.50. The number of amides is 3. The summed E-state index contributed by atoms with van der Waals surface area (Å²) >= 11 is 1.35. The Labute approximate surface area is 148 Å². The zero-order valence-corrected chi connectivity index (χ0v) is 14.7. The predicted octanol–water partition coefficient (Wildman–Crippen LogP) is 0.300. The van der Waals surface area contributed by atoms with E-state index in [0.717, 1.165) is 5.01 Å². The van der Waals surface area contributed by atoms with Crippen LogP contribution in [0, 0.1) is 12.8 Å². The van der Waals surface area contributed by atoms with Crippen LogP contribution in [0.4, 0.5) is 9.93 Å². The van der Waals surface area contributed by atoms with Gasteiger partial charge in [-0.2, -0.15) is 0 Å². The Morgan fingerprint density at radius 3 is 2.68 bits per heavy atom. The predicted molar refractivity (Wildman–Crippen MR) is 88.1 cm³/mol. The van der Waals surface area contributed by atoms with Crippen LogP contribution in [0.3, 0.4) is 0 Å². The summed E-state index contributed by atoms with van der Waals surface area (Å²) in [4.78, 5) is 39.7. The van der Waals surface area contributed by atoms with Crippen LogP contribution in [0.15, 0.2) is 0 Å². The van der Waals surface area contributed by atoms with E-state index in [1.165, 1.54) is 11.3 Å². The maximum absolute atomic E-state index is 12.8. The van der Waals surface area contributed by atoms with E-state index in [1.54, 1.807) is 9.80 Å². The van der Waals surface area contributed by atoms with Gasteiger partial charge in [-0.15, -0.1) is 10.2 Å². The molecule has 9 nitrogen and oxygen atoms in total. The Kier molecular flexibility index (Phi) is 3.86. The van der Waals surface area contributed by atoms with E-state index in [2.05, 4.69) is 15.5 Å². The summed E-state index contributed by atoms with van der Waals surface area (Å²) in [6.07, 6.45) is 1.06. The van der Waals surface area contributed by atoms with E-state index < -0.39 is 5.60 Å². The van der Waals surface area contributed by atoms with Gasteiger partial charge in [-0.1, -0.05) is 11.3 Å². The Balaban J connectivity index is 1.37. The van der Waals surface area contributed by atoms with Crippen molar-refractivity contribution in [2.24, 2.45) is 5.92 Å². The third-order valence-electron chi connectivity index (χ3n) is 5.07. The number of nitrogens with one attached hydrogen (secondary N) is 1. The molecule has 10 heteroatoms. The van der Waals surface area contributed by atoms with E-state index in [-0.39, 0.29) is 30.2 Å². The molecule has 1 aromatic heterocycles. The molecule has 0 bridgehead atoms. The van der Waals surface area contributed by atoms with Crippen molar-refractivity contribution in [3.63, 3.8) is 0 Å². The summed E-state index contributed by atoms with van der Waals surface area (Å²) in [5, 5.41) is 12.0. The zero-order valence-electron chi connectivity index (χ0n) is 13.9. The van der Waals surface area contributed by atoms with Crippen LogP contribution in [0.1, 0.15) is 24.3 Å². The molecule has 0 aromatic carbocycles. The smallest absolute Gasteiger partial charge is 0.407 e. The number of aryl methyl sites for hydroxylation is 1. The third-order valence-corrected chi connectivity index (χ3v) is 5.93. The number of ether oxygens (including phenoxy) is 1. The average Bonchev–Trinajstić information content (AvgIpc) is 3.27. The summed E-state index contributed by atoms with van der Waals surface area (Å²) in [5.41, 5.74) is -0.477. The number of alkyl carbamates (subject to hydrolysis) is 1. The molecule has 0 saturated carbocycles. The van der Waals surface area contributed by atoms with Crippen molar-refractivity contribution in [2.75, 3.05) is 31.1 Å². The van der Waals surface area contributed by atoms with Crippen molar-refractivity contribution < 1.29 is 19.1 Å². The van der Waals surface area contributed by atoms with Crippen molar-refractivity contribution in [3.8, 4) is 0 Å². The van der Waals surface area contributed by atoms with E-state index in [9.17, 15) is 14.4 Å². The fourth-order valence-electron chi connectivity index (χ4n) is 3.63. The van der Waals surface area contributed by atoms with Crippen LogP contribution in [0.25, 0.3) is 0 Å². The van der Waals surface area contributed by atoms with Gasteiger partial charge in [-0.25, -0.2) is 4.79 Å². The largest absolute Gasteiger partial charge is 0.441 e. The van der Waals surface area contributed by atoms with Crippen LogP contribution >= 0.6 is 11.3 Å². The molecule has 3 amide bonds. The molecule has 3 aliphatic rings. The van der Waals surface area contributed by atoms with Gasteiger partial charge in [0.05, 0.1) is 12.5 Å². The van der Waals surface area contributed by atoms with Crippen molar-refractivity contribution in [3.05, 3.63) is 5.01 Å². The highest BCUT2D eigenvalue weighted by atomic mass is 32.1. The summed E-state index contributed by atoms with van der Waals surface area (Å²) in [5.74, 6) is -0.448. The number of nitrogens with zero attached hydrogens (tertiary/aromatic N) is 4. The van der Waals surface area contributed by atoms with Gasteiger partial charge in [0.1, 0.15) is 10.6 Å². The number of rotatable bonds is 2. The minimum atomic E-state index is -0.477. The Hall–Kier alpha value is -2.23. The number of carbonyl (C=O) groups is 3. The number of anilines is 1. The number of piperidine rings is 1. The molecule has 25 heavy (non-hydrogen) atoms. The first-order valence-corrected chi connectivity index (χ1v) is 9.14.